The molecule has 1 atom stereocenters. The fraction of sp³-hybridized carbons (Fsp3) is 0.500. The molecule has 2 aromatic rings. The Bertz CT molecular complexity index is 740. The normalized spacial score (nSPS) is 12.8. The van der Waals surface area contributed by atoms with E-state index in [1.54, 1.807) is 33.8 Å². The van der Waals surface area contributed by atoms with Crippen LogP contribution in [0, 0.1) is 0 Å². The van der Waals surface area contributed by atoms with Crippen molar-refractivity contribution in [3.8, 4) is 5.75 Å². The van der Waals surface area contributed by atoms with Crippen LogP contribution in [0.25, 0.3) is 11.1 Å². The van der Waals surface area contributed by atoms with Crippen LogP contribution in [0.5, 0.6) is 5.75 Å². The van der Waals surface area contributed by atoms with Gasteiger partial charge in [0.25, 0.3) is 0 Å². The lowest BCUT2D eigenvalue weighted by Gasteiger charge is -2.30. The Labute approximate surface area is 146 Å². The van der Waals surface area contributed by atoms with E-state index in [1.165, 1.54) is 17.2 Å². The number of hydrogen-bond acceptors (Lipinski definition) is 7. The zero-order valence-corrected chi connectivity index (χ0v) is 15.0. The summed E-state index contributed by atoms with van der Waals surface area (Å²) in [6.07, 6.45) is 0.968. The molecule has 1 amide bonds. The molecule has 1 unspecified atom stereocenters. The minimum atomic E-state index is -1.99. The average molecular weight is 350 g/mol. The molecule has 0 bridgehead atoms. The van der Waals surface area contributed by atoms with Gasteiger partial charge < -0.3 is 28.8 Å². The van der Waals surface area contributed by atoms with Gasteiger partial charge in [0.2, 0.25) is 0 Å². The van der Waals surface area contributed by atoms with Gasteiger partial charge in [0.1, 0.15) is 11.1 Å². The van der Waals surface area contributed by atoms with E-state index >= 15 is 0 Å². The van der Waals surface area contributed by atoms with Gasteiger partial charge in [-0.15, -0.1) is 0 Å². The zero-order valence-electron chi connectivity index (χ0n) is 15.0. The van der Waals surface area contributed by atoms with Gasteiger partial charge in [-0.2, -0.15) is 0 Å². The molecular formula is C16H23BN2O6. The van der Waals surface area contributed by atoms with Gasteiger partial charge in [-0.05, 0) is 34.6 Å². The van der Waals surface area contributed by atoms with Crippen LogP contribution >= 0.6 is 0 Å². The molecule has 0 radical (unpaired) electrons. The molecule has 2 rings (SSSR count). The van der Waals surface area contributed by atoms with Gasteiger partial charge in [-0.25, -0.2) is 9.78 Å². The van der Waals surface area contributed by atoms with Crippen molar-refractivity contribution in [1.29, 1.82) is 0 Å². The Kier molecular flexibility index (Phi) is 5.59. The average Bonchev–Trinajstić information content (AvgIpc) is 2.93. The molecule has 2 heterocycles. The minimum absolute atomic E-state index is 0.132. The second-order valence-corrected chi connectivity index (χ2v) is 6.57. The number of rotatable bonds is 5. The Morgan fingerprint density at radius 1 is 1.44 bits per heavy atom. The second kappa shape index (κ2) is 7.32. The Hall–Kier alpha value is -2.26. The maximum atomic E-state index is 12.4. The third-order valence-corrected chi connectivity index (χ3v) is 3.49. The highest BCUT2D eigenvalue weighted by Crippen LogP contribution is 2.31. The van der Waals surface area contributed by atoms with E-state index in [4.69, 9.17) is 23.9 Å². The van der Waals surface area contributed by atoms with Crippen LogP contribution in [0.3, 0.4) is 0 Å². The van der Waals surface area contributed by atoms with Crippen molar-refractivity contribution >= 4 is 24.5 Å². The number of carbonyl (C=O) groups is 1. The third-order valence-electron chi connectivity index (χ3n) is 3.49. The molecule has 0 saturated carbocycles. The molecule has 2 aromatic heterocycles. The second-order valence-electron chi connectivity index (χ2n) is 6.57. The van der Waals surface area contributed by atoms with E-state index in [9.17, 15) is 4.79 Å². The Morgan fingerprint density at radius 2 is 2.12 bits per heavy atom. The molecule has 25 heavy (non-hydrogen) atoms. The maximum absolute atomic E-state index is 12.4. The predicted octanol–water partition coefficient (Wildman–Crippen LogP) is 2.49. The molecule has 0 spiro atoms. The van der Waals surface area contributed by atoms with E-state index in [0.29, 0.717) is 23.3 Å². The van der Waals surface area contributed by atoms with E-state index in [0.717, 1.165) is 0 Å². The number of aromatic nitrogens is 1. The van der Waals surface area contributed by atoms with Crippen molar-refractivity contribution in [2.45, 2.75) is 46.3 Å². The lowest BCUT2D eigenvalue weighted by molar-refractivity contribution is 0.0182. The van der Waals surface area contributed by atoms with E-state index in [2.05, 4.69) is 4.98 Å². The van der Waals surface area contributed by atoms with E-state index < -0.39 is 25.1 Å². The summed E-state index contributed by atoms with van der Waals surface area (Å²) in [5.74, 6) is 0.132. The number of pyridine rings is 1. The van der Waals surface area contributed by atoms with Crippen molar-refractivity contribution in [2.75, 3.05) is 6.54 Å². The fourth-order valence-electron chi connectivity index (χ4n) is 2.40. The molecule has 136 valence electrons. The first-order chi connectivity index (χ1) is 11.6. The van der Waals surface area contributed by atoms with Crippen molar-refractivity contribution in [3.05, 3.63) is 24.1 Å². The molecule has 0 aromatic carbocycles. The van der Waals surface area contributed by atoms with Crippen molar-refractivity contribution in [1.82, 2.24) is 9.88 Å². The topological polar surface area (TPSA) is 105 Å². The summed E-state index contributed by atoms with van der Waals surface area (Å²) in [4.78, 5) is 18.4. The van der Waals surface area contributed by atoms with Gasteiger partial charge >= 0.3 is 13.4 Å². The minimum Gasteiger partial charge on any atom is -0.509 e. The summed E-state index contributed by atoms with van der Waals surface area (Å²) in [6.45, 7) is 9.46. The Balaban J connectivity index is 2.36. The summed E-state index contributed by atoms with van der Waals surface area (Å²) in [5.41, 5.74) is 0.684. The quantitative estimate of drug-likeness (QED) is 0.798. The SMILES string of the molecule is CCN(C(=O)OC(C)(C)C)C(C)c1cc(OB(O)O)c2occc2n1. The van der Waals surface area contributed by atoms with Crippen molar-refractivity contribution in [3.63, 3.8) is 0 Å². The van der Waals surface area contributed by atoms with Crippen LogP contribution in [0.1, 0.15) is 46.4 Å². The zero-order chi connectivity index (χ0) is 18.8. The monoisotopic (exact) mass is 350 g/mol. The molecule has 0 aliphatic carbocycles. The summed E-state index contributed by atoms with van der Waals surface area (Å²) >= 11 is 0. The van der Waals surface area contributed by atoms with Crippen molar-refractivity contribution < 1.29 is 28.7 Å². The summed E-state index contributed by atoms with van der Waals surface area (Å²) in [7, 11) is -1.99. The molecule has 0 aliphatic heterocycles. The number of ether oxygens (including phenoxy) is 1. The first-order valence-electron chi connectivity index (χ1n) is 8.03. The van der Waals surface area contributed by atoms with Crippen LogP contribution in [-0.2, 0) is 4.74 Å². The van der Waals surface area contributed by atoms with Crippen LogP contribution in [0.15, 0.2) is 22.8 Å². The molecule has 9 heteroatoms. The predicted molar refractivity (Wildman–Crippen MR) is 91.9 cm³/mol. The first kappa shape index (κ1) is 19.1. The first-order valence-corrected chi connectivity index (χ1v) is 8.03. The summed E-state index contributed by atoms with van der Waals surface area (Å²) in [6, 6.07) is 2.73. The number of nitrogens with zero attached hydrogens (tertiary/aromatic N) is 2. The van der Waals surface area contributed by atoms with Crippen LogP contribution in [0.4, 0.5) is 4.79 Å². The standard InChI is InChI=1S/C16H23BN2O6/c1-6-19(15(20)24-16(3,4)5)10(2)12-9-13(25-17(21)22)14-11(18-12)7-8-23-14/h7-10,21-22H,6H2,1-5H3. The largest absolute Gasteiger partial charge is 0.707 e. The molecule has 0 aliphatic rings. The lowest BCUT2D eigenvalue weighted by atomic mass is 10.1. The summed E-state index contributed by atoms with van der Waals surface area (Å²) < 4.78 is 15.7. The smallest absolute Gasteiger partial charge is 0.509 e. The molecule has 0 fully saturated rings. The van der Waals surface area contributed by atoms with E-state index in [-0.39, 0.29) is 5.75 Å². The summed E-state index contributed by atoms with van der Waals surface area (Å²) in [5, 5.41) is 18.2. The molecule has 2 N–H and O–H groups in total. The molecule has 0 saturated heterocycles. The van der Waals surface area contributed by atoms with Gasteiger partial charge in [0.05, 0.1) is 18.0 Å². The number of amides is 1. The highest BCUT2D eigenvalue weighted by Gasteiger charge is 2.28. The highest BCUT2D eigenvalue weighted by molar-refractivity contribution is 6.34. The highest BCUT2D eigenvalue weighted by atomic mass is 16.6. The van der Waals surface area contributed by atoms with Gasteiger partial charge in [-0.1, -0.05) is 0 Å². The van der Waals surface area contributed by atoms with Crippen LogP contribution < -0.4 is 4.65 Å². The van der Waals surface area contributed by atoms with Gasteiger partial charge in [-0.3, -0.25) is 0 Å². The number of carbonyl (C=O) groups excluding carboxylic acids is 1. The van der Waals surface area contributed by atoms with Gasteiger partial charge in [0.15, 0.2) is 11.3 Å². The molecular weight excluding hydrogens is 327 g/mol. The third kappa shape index (κ3) is 4.64. The Morgan fingerprint density at radius 3 is 2.68 bits per heavy atom. The van der Waals surface area contributed by atoms with Crippen LogP contribution in [-0.4, -0.2) is 45.5 Å². The van der Waals surface area contributed by atoms with Crippen LogP contribution in [0.2, 0.25) is 0 Å². The fourth-order valence-corrected chi connectivity index (χ4v) is 2.40. The van der Waals surface area contributed by atoms with E-state index in [1.807, 2.05) is 6.92 Å². The molecule has 8 nitrogen and oxygen atoms in total. The van der Waals surface area contributed by atoms with Gasteiger partial charge in [0, 0.05) is 18.7 Å². The maximum Gasteiger partial charge on any atom is 0.707 e. The number of furan rings is 1. The number of fused-ring (bicyclic) bond motifs is 1. The lowest BCUT2D eigenvalue weighted by Crippen LogP contribution is -2.38. The van der Waals surface area contributed by atoms with Crippen molar-refractivity contribution in [2.24, 2.45) is 0 Å². The number of hydrogen-bond donors (Lipinski definition) is 2.